The van der Waals surface area contributed by atoms with Gasteiger partial charge in [0.25, 0.3) is 0 Å². The van der Waals surface area contributed by atoms with E-state index in [0.717, 1.165) is 25.3 Å². The molecular weight excluding hydrogens is 290 g/mol. The van der Waals surface area contributed by atoms with E-state index in [1.807, 2.05) is 18.4 Å². The largest absolute Gasteiger partial charge is 0.493 e. The zero-order valence-electron chi connectivity index (χ0n) is 13.3. The minimum Gasteiger partial charge on any atom is -0.493 e. The van der Waals surface area contributed by atoms with Crippen molar-refractivity contribution in [3.8, 4) is 5.75 Å². The molecule has 3 rings (SSSR count). The number of benzene rings is 1. The number of thiophene rings is 1. The Hall–Kier alpha value is -1.32. The number of rotatable bonds is 7. The maximum Gasteiger partial charge on any atom is 0.119 e. The minimum absolute atomic E-state index is 0.514. The lowest BCUT2D eigenvalue weighted by Gasteiger charge is -2.19. The summed E-state index contributed by atoms with van der Waals surface area (Å²) in [6, 6.07) is 11.0. The van der Waals surface area contributed by atoms with Gasteiger partial charge in [-0.05, 0) is 73.9 Å². The van der Waals surface area contributed by atoms with Gasteiger partial charge in [0, 0.05) is 17.3 Å². The molecule has 2 aromatic rings. The maximum atomic E-state index is 6.10. The Morgan fingerprint density at radius 2 is 2.05 bits per heavy atom. The molecule has 1 N–H and O–H groups in total. The van der Waals surface area contributed by atoms with Crippen LogP contribution in [0, 0.1) is 5.92 Å². The van der Waals surface area contributed by atoms with Crippen LogP contribution in [0.15, 0.2) is 35.7 Å². The highest BCUT2D eigenvalue weighted by Crippen LogP contribution is 2.26. The van der Waals surface area contributed by atoms with E-state index in [0.29, 0.717) is 5.92 Å². The fourth-order valence-corrected chi connectivity index (χ4v) is 4.03. The third-order valence-corrected chi connectivity index (χ3v) is 5.27. The molecule has 0 saturated heterocycles. The highest BCUT2D eigenvalue weighted by molar-refractivity contribution is 7.09. The number of aryl methyl sites for hydroxylation is 2. The molecule has 118 valence electrons. The molecule has 1 aliphatic rings. The molecule has 0 aliphatic heterocycles. The predicted octanol–water partition coefficient (Wildman–Crippen LogP) is 4.08. The molecule has 2 nitrogen and oxygen atoms in total. The van der Waals surface area contributed by atoms with E-state index in [4.69, 9.17) is 4.74 Å². The number of nitrogens with one attached hydrogen (secondary N) is 1. The van der Waals surface area contributed by atoms with Crippen LogP contribution < -0.4 is 10.1 Å². The smallest absolute Gasteiger partial charge is 0.119 e. The van der Waals surface area contributed by atoms with E-state index in [1.54, 1.807) is 0 Å². The average molecular weight is 315 g/mol. The Morgan fingerprint density at radius 1 is 1.18 bits per heavy atom. The van der Waals surface area contributed by atoms with Crippen molar-refractivity contribution in [2.24, 2.45) is 5.92 Å². The maximum absolute atomic E-state index is 6.10. The summed E-state index contributed by atoms with van der Waals surface area (Å²) in [4.78, 5) is 1.44. The second-order valence-corrected chi connectivity index (χ2v) is 7.19. The van der Waals surface area contributed by atoms with Gasteiger partial charge in [0.05, 0.1) is 6.61 Å². The fourth-order valence-electron chi connectivity index (χ4n) is 3.21. The van der Waals surface area contributed by atoms with E-state index in [2.05, 4.69) is 41.0 Å². The molecule has 0 bridgehead atoms. The Morgan fingerprint density at radius 3 is 2.82 bits per heavy atom. The van der Waals surface area contributed by atoms with Gasteiger partial charge < -0.3 is 10.1 Å². The van der Waals surface area contributed by atoms with Crippen LogP contribution in [-0.2, 0) is 19.3 Å². The zero-order valence-corrected chi connectivity index (χ0v) is 14.1. The van der Waals surface area contributed by atoms with Gasteiger partial charge in [0.15, 0.2) is 0 Å². The molecule has 1 aromatic heterocycles. The fraction of sp³-hybridized carbons (Fsp3) is 0.474. The second kappa shape index (κ2) is 7.80. The van der Waals surface area contributed by atoms with Crippen LogP contribution in [0.5, 0.6) is 5.75 Å². The molecule has 0 amide bonds. The lowest BCUT2D eigenvalue weighted by Crippen LogP contribution is -2.26. The Bertz CT molecular complexity index is 579. The molecule has 3 heteroatoms. The first-order valence-corrected chi connectivity index (χ1v) is 9.14. The van der Waals surface area contributed by atoms with E-state index in [1.165, 1.54) is 41.7 Å². The van der Waals surface area contributed by atoms with Crippen LogP contribution in [0.2, 0.25) is 0 Å². The van der Waals surface area contributed by atoms with Gasteiger partial charge in [-0.1, -0.05) is 12.1 Å². The standard InChI is InChI=1S/C19H25NOS/c1-20-13-15(11-19-7-4-10-22-19)14-21-18-9-8-16-5-2-3-6-17(16)12-18/h4,7-10,12,15,20H,2-3,5-6,11,13-14H2,1H3. The third-order valence-electron chi connectivity index (χ3n) is 4.37. The first-order valence-electron chi connectivity index (χ1n) is 8.26. The van der Waals surface area contributed by atoms with Gasteiger partial charge in [-0.2, -0.15) is 0 Å². The quantitative estimate of drug-likeness (QED) is 0.831. The average Bonchev–Trinajstić information content (AvgIpc) is 3.06. The number of hydrogen-bond acceptors (Lipinski definition) is 3. The van der Waals surface area contributed by atoms with E-state index in [9.17, 15) is 0 Å². The molecule has 22 heavy (non-hydrogen) atoms. The Labute approximate surface area is 137 Å². The summed E-state index contributed by atoms with van der Waals surface area (Å²) in [6.07, 6.45) is 6.18. The lowest BCUT2D eigenvalue weighted by molar-refractivity contribution is 0.246. The number of hydrogen-bond donors (Lipinski definition) is 1. The molecule has 1 aliphatic carbocycles. The van der Waals surface area contributed by atoms with Crippen molar-refractivity contribution >= 4 is 11.3 Å². The Balaban J connectivity index is 1.59. The highest BCUT2D eigenvalue weighted by Gasteiger charge is 2.13. The minimum atomic E-state index is 0.514. The molecule has 1 heterocycles. The van der Waals surface area contributed by atoms with Crippen molar-refractivity contribution in [2.45, 2.75) is 32.1 Å². The van der Waals surface area contributed by atoms with Crippen molar-refractivity contribution in [3.05, 3.63) is 51.7 Å². The van der Waals surface area contributed by atoms with Gasteiger partial charge in [-0.3, -0.25) is 0 Å². The molecule has 0 spiro atoms. The monoisotopic (exact) mass is 315 g/mol. The molecule has 1 unspecified atom stereocenters. The van der Waals surface area contributed by atoms with Crippen molar-refractivity contribution in [1.82, 2.24) is 5.32 Å². The van der Waals surface area contributed by atoms with Crippen LogP contribution >= 0.6 is 11.3 Å². The molecule has 0 saturated carbocycles. The first-order chi connectivity index (χ1) is 10.8. The van der Waals surface area contributed by atoms with Crippen molar-refractivity contribution < 1.29 is 4.74 Å². The zero-order chi connectivity index (χ0) is 15.2. The van der Waals surface area contributed by atoms with Gasteiger partial charge >= 0.3 is 0 Å². The van der Waals surface area contributed by atoms with E-state index in [-0.39, 0.29) is 0 Å². The molecule has 1 atom stereocenters. The number of fused-ring (bicyclic) bond motifs is 1. The highest BCUT2D eigenvalue weighted by atomic mass is 32.1. The topological polar surface area (TPSA) is 21.3 Å². The lowest BCUT2D eigenvalue weighted by atomic mass is 9.92. The third kappa shape index (κ3) is 4.11. The second-order valence-electron chi connectivity index (χ2n) is 6.16. The predicted molar refractivity (Wildman–Crippen MR) is 94.0 cm³/mol. The van der Waals surface area contributed by atoms with Crippen molar-refractivity contribution in [1.29, 1.82) is 0 Å². The van der Waals surface area contributed by atoms with Crippen LogP contribution in [0.25, 0.3) is 0 Å². The van der Waals surface area contributed by atoms with Crippen molar-refractivity contribution in [3.63, 3.8) is 0 Å². The SMILES string of the molecule is CNCC(COc1ccc2c(c1)CCCC2)Cc1cccs1. The van der Waals surface area contributed by atoms with E-state index >= 15 is 0 Å². The van der Waals surface area contributed by atoms with Crippen LogP contribution in [0.1, 0.15) is 28.8 Å². The molecule has 0 radical (unpaired) electrons. The summed E-state index contributed by atoms with van der Waals surface area (Å²) in [6.45, 7) is 1.76. The molecule has 0 fully saturated rings. The molecule has 1 aromatic carbocycles. The van der Waals surface area contributed by atoms with Gasteiger partial charge in [-0.15, -0.1) is 11.3 Å². The summed E-state index contributed by atoms with van der Waals surface area (Å²) >= 11 is 1.83. The summed E-state index contributed by atoms with van der Waals surface area (Å²) in [5, 5.41) is 5.44. The summed E-state index contributed by atoms with van der Waals surface area (Å²) in [5.74, 6) is 1.55. The Kier molecular flexibility index (Phi) is 5.52. The van der Waals surface area contributed by atoms with Crippen molar-refractivity contribution in [2.75, 3.05) is 20.2 Å². The normalized spacial score (nSPS) is 15.3. The summed E-state index contributed by atoms with van der Waals surface area (Å²) < 4.78 is 6.10. The summed E-state index contributed by atoms with van der Waals surface area (Å²) in [7, 11) is 2.01. The van der Waals surface area contributed by atoms with Crippen LogP contribution in [0.3, 0.4) is 0 Å². The molecular formula is C19H25NOS. The first kappa shape index (κ1) is 15.6. The van der Waals surface area contributed by atoms with Gasteiger partial charge in [0.2, 0.25) is 0 Å². The van der Waals surface area contributed by atoms with Crippen LogP contribution in [0.4, 0.5) is 0 Å². The van der Waals surface area contributed by atoms with Gasteiger partial charge in [0.1, 0.15) is 5.75 Å². The number of ether oxygens (including phenoxy) is 1. The van der Waals surface area contributed by atoms with Gasteiger partial charge in [-0.25, -0.2) is 0 Å². The summed E-state index contributed by atoms with van der Waals surface area (Å²) in [5.41, 5.74) is 3.01. The van der Waals surface area contributed by atoms with Crippen LogP contribution in [-0.4, -0.2) is 20.2 Å². The van der Waals surface area contributed by atoms with E-state index < -0.39 is 0 Å².